The fourth-order valence-electron chi connectivity index (χ4n) is 2.77. The van der Waals surface area contributed by atoms with Crippen molar-refractivity contribution in [2.24, 2.45) is 0 Å². The molecule has 0 aromatic heterocycles. The monoisotopic (exact) mass is 353 g/mol. The molecule has 2 N–H and O–H groups in total. The van der Waals surface area contributed by atoms with Crippen LogP contribution in [-0.4, -0.2) is 36.3 Å². The van der Waals surface area contributed by atoms with Crippen LogP contribution in [0.3, 0.4) is 0 Å². The molecule has 0 heterocycles. The average molecular weight is 353 g/mol. The highest BCUT2D eigenvalue weighted by molar-refractivity contribution is 5.96. The van der Waals surface area contributed by atoms with E-state index in [1.165, 1.54) is 0 Å². The van der Waals surface area contributed by atoms with Crippen molar-refractivity contribution in [1.82, 2.24) is 10.2 Å². The summed E-state index contributed by atoms with van der Waals surface area (Å²) in [5, 5.41) is 5.81. The molecular formula is C21H27N3O2. The number of nitrogens with zero attached hydrogens (tertiary/aromatic N) is 1. The Bertz CT molecular complexity index is 727. The van der Waals surface area contributed by atoms with Crippen molar-refractivity contribution in [2.45, 2.75) is 32.9 Å². The summed E-state index contributed by atoms with van der Waals surface area (Å²) < 4.78 is 0. The second-order valence-corrected chi connectivity index (χ2v) is 6.81. The maximum Gasteiger partial charge on any atom is 0.246 e. The molecule has 2 amide bonds. The van der Waals surface area contributed by atoms with Crippen LogP contribution >= 0.6 is 0 Å². The number of hydrogen-bond acceptors (Lipinski definition) is 3. The zero-order chi connectivity index (χ0) is 19.1. The van der Waals surface area contributed by atoms with E-state index in [9.17, 15) is 9.59 Å². The highest BCUT2D eigenvalue weighted by Crippen LogP contribution is 2.21. The number of benzene rings is 2. The van der Waals surface area contributed by atoms with Gasteiger partial charge in [0, 0.05) is 11.7 Å². The molecule has 0 saturated heterocycles. The fraction of sp³-hybridized carbons (Fsp3) is 0.333. The van der Waals surface area contributed by atoms with Crippen molar-refractivity contribution in [1.29, 1.82) is 0 Å². The SMILES string of the molecule is Cc1ccc(NC(=O)[C@@H](c2ccccc2)N(C)CC(=O)NC(C)C)cc1. The van der Waals surface area contributed by atoms with E-state index in [0.29, 0.717) is 0 Å². The van der Waals surface area contributed by atoms with E-state index < -0.39 is 6.04 Å². The Morgan fingerprint density at radius 3 is 2.19 bits per heavy atom. The first-order valence-electron chi connectivity index (χ1n) is 8.79. The molecule has 26 heavy (non-hydrogen) atoms. The number of anilines is 1. The van der Waals surface area contributed by atoms with E-state index in [0.717, 1.165) is 16.8 Å². The second kappa shape index (κ2) is 9.15. The van der Waals surface area contributed by atoms with Gasteiger partial charge in [0.1, 0.15) is 6.04 Å². The van der Waals surface area contributed by atoms with E-state index in [-0.39, 0.29) is 24.4 Å². The molecule has 0 aliphatic rings. The third-order valence-corrected chi connectivity index (χ3v) is 3.97. The predicted molar refractivity (Wildman–Crippen MR) is 105 cm³/mol. The van der Waals surface area contributed by atoms with Gasteiger partial charge in [0.15, 0.2) is 0 Å². The zero-order valence-electron chi connectivity index (χ0n) is 15.8. The number of likely N-dealkylation sites (N-methyl/N-ethyl adjacent to an activating group) is 1. The number of nitrogens with one attached hydrogen (secondary N) is 2. The van der Waals surface area contributed by atoms with Crippen molar-refractivity contribution in [3.05, 3.63) is 65.7 Å². The Balaban J connectivity index is 2.19. The van der Waals surface area contributed by atoms with Crippen molar-refractivity contribution < 1.29 is 9.59 Å². The third kappa shape index (κ3) is 5.70. The maximum atomic E-state index is 13.0. The first-order chi connectivity index (χ1) is 12.4. The van der Waals surface area contributed by atoms with Gasteiger partial charge in [-0.15, -0.1) is 0 Å². The van der Waals surface area contributed by atoms with Gasteiger partial charge < -0.3 is 10.6 Å². The second-order valence-electron chi connectivity index (χ2n) is 6.81. The number of carbonyl (C=O) groups excluding carboxylic acids is 2. The molecule has 0 saturated carbocycles. The standard InChI is InChI=1S/C21H27N3O2/c1-15(2)22-19(25)14-24(4)20(17-8-6-5-7-9-17)21(26)23-18-12-10-16(3)11-13-18/h5-13,15,20H,14H2,1-4H3,(H,22,25)(H,23,26)/t20-/m1/s1. The van der Waals surface area contributed by atoms with Crippen LogP contribution in [0, 0.1) is 6.92 Å². The molecule has 0 aliphatic carbocycles. The van der Waals surface area contributed by atoms with E-state index in [1.807, 2.05) is 75.4 Å². The van der Waals surface area contributed by atoms with E-state index in [1.54, 1.807) is 11.9 Å². The van der Waals surface area contributed by atoms with E-state index in [2.05, 4.69) is 10.6 Å². The Labute approximate surface area is 155 Å². The molecule has 0 fully saturated rings. The normalized spacial score (nSPS) is 12.1. The molecule has 0 unspecified atom stereocenters. The minimum Gasteiger partial charge on any atom is -0.353 e. The van der Waals surface area contributed by atoms with E-state index >= 15 is 0 Å². The highest BCUT2D eigenvalue weighted by Gasteiger charge is 2.26. The lowest BCUT2D eigenvalue weighted by Gasteiger charge is -2.27. The number of aryl methyl sites for hydroxylation is 1. The van der Waals surface area contributed by atoms with Gasteiger partial charge >= 0.3 is 0 Å². The molecule has 0 bridgehead atoms. The van der Waals surface area contributed by atoms with Crippen LogP contribution in [0.4, 0.5) is 5.69 Å². The average Bonchev–Trinajstić information content (AvgIpc) is 2.57. The quantitative estimate of drug-likeness (QED) is 0.804. The molecule has 5 nitrogen and oxygen atoms in total. The van der Waals surface area contributed by atoms with Crippen LogP contribution in [0.5, 0.6) is 0 Å². The molecule has 0 aliphatic heterocycles. The van der Waals surface area contributed by atoms with Crippen molar-refractivity contribution in [2.75, 3.05) is 18.9 Å². The first kappa shape index (κ1) is 19.7. The van der Waals surface area contributed by atoms with Crippen molar-refractivity contribution in [3.63, 3.8) is 0 Å². The van der Waals surface area contributed by atoms with Gasteiger partial charge in [0.05, 0.1) is 6.54 Å². The predicted octanol–water partition coefficient (Wildman–Crippen LogP) is 3.13. The van der Waals surface area contributed by atoms with Crippen molar-refractivity contribution in [3.8, 4) is 0 Å². The van der Waals surface area contributed by atoms with Gasteiger partial charge in [-0.25, -0.2) is 0 Å². The molecule has 2 aromatic carbocycles. The van der Waals surface area contributed by atoms with Gasteiger partial charge in [-0.1, -0.05) is 48.0 Å². The summed E-state index contributed by atoms with van der Waals surface area (Å²) >= 11 is 0. The smallest absolute Gasteiger partial charge is 0.246 e. The van der Waals surface area contributed by atoms with Gasteiger partial charge in [-0.2, -0.15) is 0 Å². The van der Waals surface area contributed by atoms with Crippen LogP contribution in [0.2, 0.25) is 0 Å². The Morgan fingerprint density at radius 1 is 1.00 bits per heavy atom. The van der Waals surface area contributed by atoms with Gasteiger partial charge in [0.25, 0.3) is 0 Å². The largest absolute Gasteiger partial charge is 0.353 e. The van der Waals surface area contributed by atoms with E-state index in [4.69, 9.17) is 0 Å². The van der Waals surface area contributed by atoms with Gasteiger partial charge in [0.2, 0.25) is 11.8 Å². The first-order valence-corrected chi connectivity index (χ1v) is 8.79. The van der Waals surface area contributed by atoms with Gasteiger partial charge in [-0.05, 0) is 45.5 Å². The molecule has 138 valence electrons. The number of carbonyl (C=O) groups is 2. The van der Waals surface area contributed by atoms with Crippen LogP contribution in [0.25, 0.3) is 0 Å². The molecule has 5 heteroatoms. The Kier molecular flexibility index (Phi) is 6.92. The molecule has 0 radical (unpaired) electrons. The molecule has 2 aromatic rings. The lowest BCUT2D eigenvalue weighted by molar-refractivity contribution is -0.125. The summed E-state index contributed by atoms with van der Waals surface area (Å²) in [5.74, 6) is -0.272. The summed E-state index contributed by atoms with van der Waals surface area (Å²) in [7, 11) is 1.78. The topological polar surface area (TPSA) is 61.4 Å². The minimum atomic E-state index is -0.560. The van der Waals surface area contributed by atoms with Crippen LogP contribution in [0.1, 0.15) is 31.0 Å². The molecule has 1 atom stereocenters. The lowest BCUT2D eigenvalue weighted by Crippen LogP contribution is -2.43. The summed E-state index contributed by atoms with van der Waals surface area (Å²) in [6, 6.07) is 16.6. The molecule has 0 spiro atoms. The zero-order valence-corrected chi connectivity index (χ0v) is 15.8. The third-order valence-electron chi connectivity index (χ3n) is 3.97. The number of hydrogen-bond donors (Lipinski definition) is 2. The van der Waals surface area contributed by atoms with Gasteiger partial charge in [-0.3, -0.25) is 14.5 Å². The lowest BCUT2D eigenvalue weighted by atomic mass is 10.0. The summed E-state index contributed by atoms with van der Waals surface area (Å²) in [6.45, 7) is 5.96. The molecular weight excluding hydrogens is 326 g/mol. The molecule has 2 rings (SSSR count). The van der Waals surface area contributed by atoms with Crippen molar-refractivity contribution >= 4 is 17.5 Å². The summed E-state index contributed by atoms with van der Waals surface area (Å²) in [5.41, 5.74) is 2.71. The highest BCUT2D eigenvalue weighted by atomic mass is 16.2. The Morgan fingerprint density at radius 2 is 1.62 bits per heavy atom. The summed E-state index contributed by atoms with van der Waals surface area (Å²) in [6.07, 6.45) is 0. The maximum absolute atomic E-state index is 13.0. The van der Waals surface area contributed by atoms with Crippen LogP contribution in [0.15, 0.2) is 54.6 Å². The number of amides is 2. The van der Waals surface area contributed by atoms with Crippen LogP contribution < -0.4 is 10.6 Å². The number of rotatable bonds is 7. The van der Waals surface area contributed by atoms with Crippen LogP contribution in [-0.2, 0) is 9.59 Å². The summed E-state index contributed by atoms with van der Waals surface area (Å²) in [4.78, 5) is 26.9. The minimum absolute atomic E-state index is 0.0625. The fourth-order valence-corrected chi connectivity index (χ4v) is 2.77. The Hall–Kier alpha value is -2.66.